The van der Waals surface area contributed by atoms with Crippen LogP contribution in [-0.2, 0) is 14.3 Å². The van der Waals surface area contributed by atoms with Crippen molar-refractivity contribution in [2.75, 3.05) is 13.7 Å². The van der Waals surface area contributed by atoms with Crippen molar-refractivity contribution in [2.45, 2.75) is 33.3 Å². The van der Waals surface area contributed by atoms with Gasteiger partial charge in [-0.05, 0) is 52.0 Å². The standard InChI is InChI=1S/C18H22N2O5/c1-6-24-12-7-9-15-13(11-12)14(8-10-16(21)23-5)19-20(15)17(22)25-18(2,3)4/h7-11H,6H2,1-5H3/b10-8+. The number of esters is 1. The summed E-state index contributed by atoms with van der Waals surface area (Å²) in [5.41, 5.74) is 0.345. The van der Waals surface area contributed by atoms with E-state index >= 15 is 0 Å². The first-order valence-corrected chi connectivity index (χ1v) is 7.90. The first-order chi connectivity index (χ1) is 11.7. The van der Waals surface area contributed by atoms with Gasteiger partial charge in [0, 0.05) is 11.5 Å². The topological polar surface area (TPSA) is 79.7 Å². The van der Waals surface area contributed by atoms with Crippen LogP contribution in [0.1, 0.15) is 33.4 Å². The summed E-state index contributed by atoms with van der Waals surface area (Å²) in [6, 6.07) is 5.25. The van der Waals surface area contributed by atoms with E-state index in [9.17, 15) is 9.59 Å². The van der Waals surface area contributed by atoms with Gasteiger partial charge in [-0.1, -0.05) is 0 Å². The number of nitrogens with zero attached hydrogens (tertiary/aromatic N) is 2. The minimum absolute atomic E-state index is 0.438. The zero-order valence-corrected chi connectivity index (χ0v) is 15.0. The lowest BCUT2D eigenvalue weighted by Gasteiger charge is -2.19. The fourth-order valence-electron chi connectivity index (χ4n) is 2.16. The predicted molar refractivity (Wildman–Crippen MR) is 93.6 cm³/mol. The fourth-order valence-corrected chi connectivity index (χ4v) is 2.16. The van der Waals surface area contributed by atoms with Gasteiger partial charge in [0.1, 0.15) is 11.4 Å². The molecule has 0 bridgehead atoms. The van der Waals surface area contributed by atoms with E-state index in [-0.39, 0.29) is 0 Å². The summed E-state index contributed by atoms with van der Waals surface area (Å²) in [6.45, 7) is 7.73. The molecule has 134 valence electrons. The molecule has 0 fully saturated rings. The number of fused-ring (bicyclic) bond motifs is 1. The van der Waals surface area contributed by atoms with Crippen LogP contribution < -0.4 is 4.74 Å². The number of methoxy groups -OCH3 is 1. The lowest BCUT2D eigenvalue weighted by molar-refractivity contribution is -0.134. The average molecular weight is 346 g/mol. The number of benzene rings is 1. The van der Waals surface area contributed by atoms with Crippen LogP contribution in [0, 0.1) is 0 Å². The van der Waals surface area contributed by atoms with Crippen LogP contribution in [0.25, 0.3) is 17.0 Å². The number of hydrogen-bond donors (Lipinski definition) is 0. The molecule has 7 nitrogen and oxygen atoms in total. The molecule has 1 aromatic heterocycles. The van der Waals surface area contributed by atoms with E-state index in [0.29, 0.717) is 29.0 Å². The third kappa shape index (κ3) is 4.59. The van der Waals surface area contributed by atoms with Crippen LogP contribution in [-0.4, -0.2) is 41.2 Å². The molecule has 0 saturated heterocycles. The van der Waals surface area contributed by atoms with Gasteiger partial charge in [-0.15, -0.1) is 0 Å². The maximum Gasteiger partial charge on any atom is 0.435 e. The largest absolute Gasteiger partial charge is 0.494 e. The molecule has 0 saturated carbocycles. The summed E-state index contributed by atoms with van der Waals surface area (Å²) in [4.78, 5) is 23.8. The molecule has 0 spiro atoms. The van der Waals surface area contributed by atoms with Gasteiger partial charge in [0.25, 0.3) is 0 Å². The summed E-state index contributed by atoms with van der Waals surface area (Å²) < 4.78 is 16.6. The van der Waals surface area contributed by atoms with Gasteiger partial charge in [0.05, 0.1) is 24.9 Å². The van der Waals surface area contributed by atoms with Crippen LogP contribution in [0.3, 0.4) is 0 Å². The van der Waals surface area contributed by atoms with E-state index in [1.54, 1.807) is 39.0 Å². The van der Waals surface area contributed by atoms with Crippen LogP contribution in [0.4, 0.5) is 4.79 Å². The molecule has 2 aromatic rings. The Morgan fingerprint density at radius 2 is 2.00 bits per heavy atom. The van der Waals surface area contributed by atoms with Gasteiger partial charge in [0.2, 0.25) is 0 Å². The van der Waals surface area contributed by atoms with Crippen LogP contribution in [0.15, 0.2) is 24.3 Å². The van der Waals surface area contributed by atoms with Crippen molar-refractivity contribution in [3.8, 4) is 5.75 Å². The van der Waals surface area contributed by atoms with Crippen molar-refractivity contribution >= 4 is 29.0 Å². The monoisotopic (exact) mass is 346 g/mol. The molecular formula is C18H22N2O5. The Hall–Kier alpha value is -2.83. The first-order valence-electron chi connectivity index (χ1n) is 7.90. The van der Waals surface area contributed by atoms with E-state index in [0.717, 1.165) is 0 Å². The first kappa shape index (κ1) is 18.5. The molecular weight excluding hydrogens is 324 g/mol. The maximum absolute atomic E-state index is 12.4. The molecule has 0 aliphatic rings. The molecule has 1 heterocycles. The van der Waals surface area contributed by atoms with Gasteiger partial charge in [0.15, 0.2) is 0 Å². The highest BCUT2D eigenvalue weighted by Gasteiger charge is 2.22. The Morgan fingerprint density at radius 1 is 1.28 bits per heavy atom. The molecule has 1 aromatic carbocycles. The lowest BCUT2D eigenvalue weighted by Crippen LogP contribution is -2.27. The van der Waals surface area contributed by atoms with Gasteiger partial charge in [-0.2, -0.15) is 9.78 Å². The number of aromatic nitrogens is 2. The second-order valence-corrected chi connectivity index (χ2v) is 6.25. The Labute approximate surface area is 146 Å². The second-order valence-electron chi connectivity index (χ2n) is 6.25. The molecule has 0 aliphatic carbocycles. The summed E-state index contributed by atoms with van der Waals surface area (Å²) in [5, 5.41) is 4.94. The SMILES string of the molecule is CCOc1ccc2c(c1)c(/C=C/C(=O)OC)nn2C(=O)OC(C)(C)C. The maximum atomic E-state index is 12.4. The number of ether oxygens (including phenoxy) is 3. The second kappa shape index (κ2) is 7.38. The Balaban J connectivity index is 2.53. The zero-order valence-electron chi connectivity index (χ0n) is 15.0. The molecule has 25 heavy (non-hydrogen) atoms. The zero-order chi connectivity index (χ0) is 18.6. The van der Waals surface area contributed by atoms with Gasteiger partial charge in [-0.25, -0.2) is 9.59 Å². The van der Waals surface area contributed by atoms with E-state index in [4.69, 9.17) is 9.47 Å². The minimum atomic E-state index is -0.650. The molecule has 0 amide bonds. The summed E-state index contributed by atoms with van der Waals surface area (Å²) in [7, 11) is 1.29. The van der Waals surface area contributed by atoms with E-state index < -0.39 is 17.7 Å². The van der Waals surface area contributed by atoms with Crippen molar-refractivity contribution < 1.29 is 23.8 Å². The molecule has 0 atom stereocenters. The quantitative estimate of drug-likeness (QED) is 0.623. The summed E-state index contributed by atoms with van der Waals surface area (Å²) in [6.07, 6.45) is 2.14. The van der Waals surface area contributed by atoms with Crippen LogP contribution in [0.2, 0.25) is 0 Å². The van der Waals surface area contributed by atoms with Gasteiger partial charge in [-0.3, -0.25) is 0 Å². The van der Waals surface area contributed by atoms with E-state index in [2.05, 4.69) is 9.84 Å². The average Bonchev–Trinajstić information content (AvgIpc) is 2.89. The van der Waals surface area contributed by atoms with Crippen molar-refractivity contribution in [3.63, 3.8) is 0 Å². The third-order valence-corrected chi connectivity index (χ3v) is 3.14. The Kier molecular flexibility index (Phi) is 5.46. The predicted octanol–water partition coefficient (Wildman–Crippen LogP) is 3.40. The van der Waals surface area contributed by atoms with Crippen LogP contribution >= 0.6 is 0 Å². The van der Waals surface area contributed by atoms with E-state index in [1.165, 1.54) is 23.9 Å². The van der Waals surface area contributed by atoms with Crippen LogP contribution in [0.5, 0.6) is 5.75 Å². The summed E-state index contributed by atoms with van der Waals surface area (Å²) in [5.74, 6) is 0.132. The third-order valence-electron chi connectivity index (χ3n) is 3.14. The minimum Gasteiger partial charge on any atom is -0.494 e. The van der Waals surface area contributed by atoms with Gasteiger partial charge < -0.3 is 14.2 Å². The fraction of sp³-hybridized carbons (Fsp3) is 0.389. The van der Waals surface area contributed by atoms with Crippen molar-refractivity contribution in [3.05, 3.63) is 30.0 Å². The molecule has 7 heteroatoms. The molecule has 0 radical (unpaired) electrons. The van der Waals surface area contributed by atoms with Gasteiger partial charge >= 0.3 is 12.1 Å². The van der Waals surface area contributed by atoms with Crippen molar-refractivity contribution in [2.24, 2.45) is 0 Å². The number of hydrogen-bond acceptors (Lipinski definition) is 6. The molecule has 0 unspecified atom stereocenters. The lowest BCUT2D eigenvalue weighted by atomic mass is 10.2. The Bertz CT molecular complexity index is 815. The highest BCUT2D eigenvalue weighted by atomic mass is 16.6. The van der Waals surface area contributed by atoms with Crippen molar-refractivity contribution in [1.29, 1.82) is 0 Å². The Morgan fingerprint density at radius 3 is 2.60 bits per heavy atom. The number of rotatable bonds is 4. The molecule has 2 rings (SSSR count). The van der Waals surface area contributed by atoms with Crippen molar-refractivity contribution in [1.82, 2.24) is 9.78 Å². The normalized spacial score (nSPS) is 11.7. The van der Waals surface area contributed by atoms with E-state index in [1.807, 2.05) is 6.92 Å². The highest BCUT2D eigenvalue weighted by molar-refractivity contribution is 5.96. The summed E-state index contributed by atoms with van der Waals surface area (Å²) >= 11 is 0. The highest BCUT2D eigenvalue weighted by Crippen LogP contribution is 2.26. The smallest absolute Gasteiger partial charge is 0.435 e. The molecule has 0 aliphatic heterocycles. The number of carbonyl (C=O) groups is 2. The number of carbonyl (C=O) groups excluding carboxylic acids is 2. The molecule has 0 N–H and O–H groups in total.